The number of allylic oxidation sites excluding steroid dienone is 2. The zero-order chi connectivity index (χ0) is 22.7. The van der Waals surface area contributed by atoms with Gasteiger partial charge in [-0.3, -0.25) is 4.72 Å². The molecule has 1 fully saturated rings. The number of hydrogen-bond donors (Lipinski definition) is 2. The van der Waals surface area contributed by atoms with Crippen LogP contribution in [0.3, 0.4) is 0 Å². The van der Waals surface area contributed by atoms with Crippen molar-refractivity contribution in [3.8, 4) is 0 Å². The van der Waals surface area contributed by atoms with E-state index in [0.29, 0.717) is 11.6 Å². The molecule has 12 heteroatoms. The largest absolute Gasteiger partial charge is 0.490 e. The summed E-state index contributed by atoms with van der Waals surface area (Å²) in [6, 6.07) is 7.58. The molecule has 4 rings (SSSR count). The van der Waals surface area contributed by atoms with Crippen molar-refractivity contribution in [3.63, 3.8) is 0 Å². The van der Waals surface area contributed by atoms with E-state index in [-0.39, 0.29) is 29.3 Å². The number of ether oxygens (including phenoxy) is 1. The van der Waals surface area contributed by atoms with Gasteiger partial charge in [0.15, 0.2) is 5.76 Å². The molecule has 7 nitrogen and oxygen atoms in total. The van der Waals surface area contributed by atoms with Crippen LogP contribution in [0.1, 0.15) is 24.3 Å². The monoisotopic (exact) mass is 502 g/mol. The molecule has 1 aromatic heterocycles. The van der Waals surface area contributed by atoms with Crippen molar-refractivity contribution in [2.45, 2.75) is 24.0 Å². The van der Waals surface area contributed by atoms with Crippen LogP contribution in [0.15, 0.2) is 54.1 Å². The molecular formula is C20H21ClF2N4O3S2. The van der Waals surface area contributed by atoms with Crippen LogP contribution in [0.25, 0.3) is 0 Å². The van der Waals surface area contributed by atoms with Crippen LogP contribution >= 0.6 is 23.1 Å². The van der Waals surface area contributed by atoms with E-state index in [0.717, 1.165) is 36.1 Å². The third-order valence-electron chi connectivity index (χ3n) is 5.53. The van der Waals surface area contributed by atoms with E-state index < -0.39 is 33.3 Å². The SMILES string of the molecule is O=S(=O)(Nc1ncns1)C1CC(F)=C(OC[C@@H]2CNCC[C@H]2c2ccc(Cl)cc2)C=C1F. The molecule has 172 valence electrons. The molecule has 32 heavy (non-hydrogen) atoms. The quantitative estimate of drug-likeness (QED) is 0.591. The molecule has 0 amide bonds. The number of sulfonamides is 1. The van der Waals surface area contributed by atoms with Gasteiger partial charge in [0, 0.05) is 41.5 Å². The van der Waals surface area contributed by atoms with Gasteiger partial charge in [0.2, 0.25) is 15.2 Å². The fraction of sp³-hybridized carbons (Fsp3) is 0.400. The molecule has 1 saturated heterocycles. The van der Waals surface area contributed by atoms with Gasteiger partial charge in [-0.2, -0.15) is 4.37 Å². The van der Waals surface area contributed by atoms with Gasteiger partial charge >= 0.3 is 0 Å². The second-order valence-electron chi connectivity index (χ2n) is 7.61. The Kier molecular flexibility index (Phi) is 7.08. The molecule has 0 radical (unpaired) electrons. The minimum Gasteiger partial charge on any atom is -0.490 e. The van der Waals surface area contributed by atoms with E-state index in [1.165, 1.54) is 6.33 Å². The number of piperidine rings is 1. The van der Waals surface area contributed by atoms with Crippen molar-refractivity contribution < 1.29 is 21.9 Å². The predicted octanol–water partition coefficient (Wildman–Crippen LogP) is 4.15. The fourth-order valence-corrected chi connectivity index (χ4v) is 5.97. The summed E-state index contributed by atoms with van der Waals surface area (Å²) in [7, 11) is -4.23. The Bertz CT molecular complexity index is 1110. The molecule has 2 aromatic rings. The molecule has 2 aliphatic rings. The topological polar surface area (TPSA) is 93.2 Å². The van der Waals surface area contributed by atoms with Gasteiger partial charge in [-0.25, -0.2) is 22.2 Å². The average Bonchev–Trinajstić information content (AvgIpc) is 3.27. The summed E-state index contributed by atoms with van der Waals surface area (Å²) >= 11 is 6.78. The molecule has 0 saturated carbocycles. The lowest BCUT2D eigenvalue weighted by Crippen LogP contribution is -2.38. The van der Waals surface area contributed by atoms with Gasteiger partial charge in [0.1, 0.15) is 23.2 Å². The zero-order valence-electron chi connectivity index (χ0n) is 16.8. The second-order valence-corrected chi connectivity index (χ2v) is 10.7. The van der Waals surface area contributed by atoms with Crippen LogP contribution in [-0.2, 0) is 14.8 Å². The van der Waals surface area contributed by atoms with Crippen molar-refractivity contribution in [1.82, 2.24) is 14.7 Å². The van der Waals surface area contributed by atoms with Gasteiger partial charge in [-0.05, 0) is 36.6 Å². The van der Waals surface area contributed by atoms with Crippen molar-refractivity contribution >= 4 is 38.3 Å². The van der Waals surface area contributed by atoms with E-state index in [9.17, 15) is 17.2 Å². The summed E-state index contributed by atoms with van der Waals surface area (Å²) in [6.07, 6.45) is 2.20. The van der Waals surface area contributed by atoms with Crippen LogP contribution < -0.4 is 10.0 Å². The summed E-state index contributed by atoms with van der Waals surface area (Å²) in [5.41, 5.74) is 1.11. The van der Waals surface area contributed by atoms with Crippen molar-refractivity contribution in [3.05, 3.63) is 64.7 Å². The highest BCUT2D eigenvalue weighted by atomic mass is 35.5. The number of aromatic nitrogens is 2. The number of rotatable bonds is 7. The lowest BCUT2D eigenvalue weighted by molar-refractivity contribution is 0.134. The lowest BCUT2D eigenvalue weighted by Gasteiger charge is -2.33. The number of nitrogens with one attached hydrogen (secondary N) is 2. The molecule has 2 N–H and O–H groups in total. The highest BCUT2D eigenvalue weighted by molar-refractivity contribution is 7.93. The Morgan fingerprint density at radius 1 is 1.28 bits per heavy atom. The number of halogens is 3. The maximum Gasteiger partial charge on any atom is 0.244 e. The van der Waals surface area contributed by atoms with Gasteiger partial charge in [-0.1, -0.05) is 23.7 Å². The molecule has 1 aromatic carbocycles. The van der Waals surface area contributed by atoms with Gasteiger partial charge in [0.05, 0.1) is 6.61 Å². The van der Waals surface area contributed by atoms with Crippen LogP contribution in [0.2, 0.25) is 5.02 Å². The Hall–Kier alpha value is -2.08. The van der Waals surface area contributed by atoms with Gasteiger partial charge < -0.3 is 10.1 Å². The first-order chi connectivity index (χ1) is 15.3. The third-order valence-corrected chi connectivity index (χ3v) is 8.11. The van der Waals surface area contributed by atoms with E-state index in [4.69, 9.17) is 16.3 Å². The average molecular weight is 503 g/mol. The van der Waals surface area contributed by atoms with Gasteiger partial charge in [-0.15, -0.1) is 0 Å². The highest BCUT2D eigenvalue weighted by Crippen LogP contribution is 2.35. The van der Waals surface area contributed by atoms with Gasteiger partial charge in [0.25, 0.3) is 0 Å². The highest BCUT2D eigenvalue weighted by Gasteiger charge is 2.36. The first-order valence-electron chi connectivity index (χ1n) is 9.96. The summed E-state index contributed by atoms with van der Waals surface area (Å²) in [4.78, 5) is 3.70. The van der Waals surface area contributed by atoms with Crippen molar-refractivity contribution in [2.24, 2.45) is 5.92 Å². The van der Waals surface area contributed by atoms with Crippen LogP contribution in [0.4, 0.5) is 13.9 Å². The summed E-state index contributed by atoms with van der Waals surface area (Å²) in [5.74, 6) is -1.87. The molecule has 0 spiro atoms. The van der Waals surface area contributed by atoms with E-state index >= 15 is 0 Å². The molecule has 0 bridgehead atoms. The number of nitrogens with zero attached hydrogens (tertiary/aromatic N) is 2. The molecule has 1 unspecified atom stereocenters. The number of benzene rings is 1. The maximum atomic E-state index is 14.7. The second kappa shape index (κ2) is 9.82. The number of hydrogen-bond acceptors (Lipinski definition) is 7. The zero-order valence-corrected chi connectivity index (χ0v) is 19.2. The first-order valence-corrected chi connectivity index (χ1v) is 12.7. The third kappa shape index (κ3) is 5.28. The minimum absolute atomic E-state index is 0.0118. The smallest absolute Gasteiger partial charge is 0.244 e. The van der Waals surface area contributed by atoms with Crippen molar-refractivity contribution in [1.29, 1.82) is 0 Å². The first kappa shape index (κ1) is 23.1. The van der Waals surface area contributed by atoms with E-state index in [1.807, 2.05) is 24.3 Å². The Morgan fingerprint density at radius 3 is 2.78 bits per heavy atom. The van der Waals surface area contributed by atoms with E-state index in [1.54, 1.807) is 0 Å². The normalized spacial score (nSPS) is 24.2. The molecule has 1 aliphatic carbocycles. The van der Waals surface area contributed by atoms with Crippen LogP contribution in [0.5, 0.6) is 0 Å². The standard InChI is InChI=1S/C20H21ClF2N4O3S2/c21-14-3-1-12(2-4-14)15-5-6-24-9-13(15)10-30-18-7-17(23)19(8-16(18)22)32(28,29)27-20-25-11-26-31-20/h1-4,7,11,13,15,19,24H,5-6,8-10H2,(H,25,26,27)/t13-,15-,19?/m0/s1. The number of anilines is 1. The lowest BCUT2D eigenvalue weighted by atomic mass is 9.81. The predicted molar refractivity (Wildman–Crippen MR) is 119 cm³/mol. The van der Waals surface area contributed by atoms with E-state index in [2.05, 4.69) is 19.4 Å². The van der Waals surface area contributed by atoms with Crippen LogP contribution in [-0.4, -0.2) is 42.7 Å². The maximum absolute atomic E-state index is 14.7. The Morgan fingerprint density at radius 2 is 2.06 bits per heavy atom. The molecular weight excluding hydrogens is 482 g/mol. The van der Waals surface area contributed by atoms with Crippen molar-refractivity contribution in [2.75, 3.05) is 24.4 Å². The fourth-order valence-electron chi connectivity index (χ4n) is 3.89. The summed E-state index contributed by atoms with van der Waals surface area (Å²) in [6.45, 7) is 1.67. The summed E-state index contributed by atoms with van der Waals surface area (Å²) in [5, 5.41) is 2.24. The molecule has 3 atom stereocenters. The Labute approximate surface area is 193 Å². The molecule has 2 heterocycles. The van der Waals surface area contributed by atoms with Crippen LogP contribution in [0, 0.1) is 5.92 Å². The minimum atomic E-state index is -4.23. The molecule has 1 aliphatic heterocycles. The summed E-state index contributed by atoms with van der Waals surface area (Å²) < 4.78 is 65.7. The Balaban J connectivity index is 1.43.